The number of aromatic nitrogens is 2. The third-order valence-corrected chi connectivity index (χ3v) is 7.65. The fourth-order valence-electron chi connectivity index (χ4n) is 5.00. The molecule has 1 fully saturated rings. The van der Waals surface area contributed by atoms with Crippen molar-refractivity contribution in [1.29, 1.82) is 0 Å². The lowest BCUT2D eigenvalue weighted by Gasteiger charge is -2.34. The van der Waals surface area contributed by atoms with Gasteiger partial charge in [0.15, 0.2) is 5.03 Å². The van der Waals surface area contributed by atoms with Crippen molar-refractivity contribution in [2.75, 3.05) is 17.2 Å². The van der Waals surface area contributed by atoms with Crippen molar-refractivity contribution in [2.24, 2.45) is 5.92 Å². The van der Waals surface area contributed by atoms with Crippen LogP contribution in [0.25, 0.3) is 11.3 Å². The van der Waals surface area contributed by atoms with E-state index in [0.29, 0.717) is 24.0 Å². The van der Waals surface area contributed by atoms with Gasteiger partial charge >= 0.3 is 0 Å². The lowest BCUT2D eigenvalue weighted by molar-refractivity contribution is 0.0981. The summed E-state index contributed by atoms with van der Waals surface area (Å²) in [5.74, 6) is 0.788. The number of anilines is 2. The lowest BCUT2D eigenvalue weighted by Crippen LogP contribution is -2.41. The van der Waals surface area contributed by atoms with Crippen LogP contribution in [0.15, 0.2) is 53.6 Å². The molecule has 1 aliphatic heterocycles. The normalized spacial score (nSPS) is 17.0. The zero-order valence-electron chi connectivity index (χ0n) is 22.6. The van der Waals surface area contributed by atoms with E-state index in [1.807, 2.05) is 39.0 Å². The lowest BCUT2D eigenvalue weighted by atomic mass is 9.97. The number of carbonyl (C=O) groups is 1. The van der Waals surface area contributed by atoms with Crippen LogP contribution >= 0.6 is 0 Å². The van der Waals surface area contributed by atoms with Crippen molar-refractivity contribution in [3.63, 3.8) is 0 Å². The molecule has 38 heavy (non-hydrogen) atoms. The van der Waals surface area contributed by atoms with Crippen LogP contribution in [0.5, 0.6) is 5.75 Å². The first-order valence-corrected chi connectivity index (χ1v) is 14.1. The Morgan fingerprint density at radius 1 is 1.16 bits per heavy atom. The number of nitrogens with one attached hydrogen (secondary N) is 1. The quantitative estimate of drug-likeness (QED) is 0.449. The summed E-state index contributed by atoms with van der Waals surface area (Å²) in [5.41, 5.74) is 8.04. The van der Waals surface area contributed by atoms with Gasteiger partial charge in [-0.15, -0.1) is 0 Å². The number of rotatable bonds is 7. The predicted molar refractivity (Wildman–Crippen MR) is 149 cm³/mol. The smallest absolute Gasteiger partial charge is 0.281 e. The van der Waals surface area contributed by atoms with Crippen LogP contribution in [-0.2, 0) is 10.0 Å². The highest BCUT2D eigenvalue weighted by molar-refractivity contribution is 7.90. The second kappa shape index (κ2) is 10.2. The molecule has 0 spiro atoms. The Morgan fingerprint density at radius 3 is 2.53 bits per heavy atom. The monoisotopic (exact) mass is 537 g/mol. The second-order valence-electron chi connectivity index (χ2n) is 10.8. The number of pyridine rings is 2. The second-order valence-corrected chi connectivity index (χ2v) is 12.5. The highest BCUT2D eigenvalue weighted by atomic mass is 32.2. The van der Waals surface area contributed by atoms with E-state index >= 15 is 0 Å². The van der Waals surface area contributed by atoms with Gasteiger partial charge in [0, 0.05) is 17.6 Å². The van der Waals surface area contributed by atoms with E-state index in [2.05, 4.69) is 35.4 Å². The minimum Gasteiger partial charge on any atom is -0.491 e. The molecule has 1 saturated heterocycles. The standard InChI is InChI=1S/C28H35N5O4S/c1-17(2)37-21-13-18(3)12-20(14-21)23-11-10-22(26(30-23)33-16-19(4)15-28(33,5)6)27(34)32-38(35,36)25-9-7-8-24(29)31-25/h7-14,17,19H,15-16H2,1-6H3,(H2,29,31)(H,32,34)/t19-/m0/s1. The average molecular weight is 538 g/mol. The van der Waals surface area contributed by atoms with Gasteiger partial charge in [-0.05, 0) is 95.0 Å². The summed E-state index contributed by atoms with van der Waals surface area (Å²) in [4.78, 5) is 24.3. The Bertz CT molecular complexity index is 1470. The minimum absolute atomic E-state index is 0.0162. The Morgan fingerprint density at radius 2 is 1.89 bits per heavy atom. The Kier molecular flexibility index (Phi) is 7.38. The summed E-state index contributed by atoms with van der Waals surface area (Å²) < 4.78 is 33.9. The molecule has 0 radical (unpaired) electrons. The van der Waals surface area contributed by atoms with Gasteiger partial charge in [0.25, 0.3) is 15.9 Å². The summed E-state index contributed by atoms with van der Waals surface area (Å²) in [6.45, 7) is 13.0. The van der Waals surface area contributed by atoms with Gasteiger partial charge in [-0.2, -0.15) is 8.42 Å². The molecule has 9 nitrogen and oxygen atoms in total. The first-order chi connectivity index (χ1) is 17.7. The summed E-state index contributed by atoms with van der Waals surface area (Å²) in [7, 11) is -4.25. The maximum atomic E-state index is 13.4. The zero-order chi connectivity index (χ0) is 27.8. The van der Waals surface area contributed by atoms with Crippen molar-refractivity contribution in [3.05, 3.63) is 59.7 Å². The largest absolute Gasteiger partial charge is 0.491 e. The number of sulfonamides is 1. The molecule has 1 aliphatic rings. The van der Waals surface area contributed by atoms with E-state index in [4.69, 9.17) is 15.5 Å². The molecular weight excluding hydrogens is 502 g/mol. The van der Waals surface area contributed by atoms with E-state index in [0.717, 1.165) is 23.3 Å². The number of nitrogen functional groups attached to an aromatic ring is 1. The highest BCUT2D eigenvalue weighted by Gasteiger charge is 2.39. The molecule has 1 aromatic carbocycles. The molecule has 2 aromatic heterocycles. The van der Waals surface area contributed by atoms with Crippen LogP contribution in [0.3, 0.4) is 0 Å². The van der Waals surface area contributed by atoms with Gasteiger partial charge in [-0.3, -0.25) is 4.79 Å². The molecule has 3 heterocycles. The number of aryl methyl sites for hydroxylation is 1. The summed E-state index contributed by atoms with van der Waals surface area (Å²) >= 11 is 0. The molecule has 0 unspecified atom stereocenters. The number of hydrogen-bond acceptors (Lipinski definition) is 8. The average Bonchev–Trinajstić information content (AvgIpc) is 3.09. The summed E-state index contributed by atoms with van der Waals surface area (Å²) in [6.07, 6.45) is 0.921. The van der Waals surface area contributed by atoms with Crippen molar-refractivity contribution >= 4 is 27.6 Å². The molecule has 4 rings (SSSR count). The Balaban J connectivity index is 1.79. The Hall–Kier alpha value is -3.66. The summed E-state index contributed by atoms with van der Waals surface area (Å²) in [6, 6.07) is 13.5. The number of amides is 1. The van der Waals surface area contributed by atoms with E-state index in [1.54, 1.807) is 12.1 Å². The molecule has 1 amide bonds. The third-order valence-electron chi connectivity index (χ3n) is 6.41. The van der Waals surface area contributed by atoms with Gasteiger partial charge in [-0.1, -0.05) is 13.0 Å². The molecule has 1 atom stereocenters. The van der Waals surface area contributed by atoms with Crippen molar-refractivity contribution < 1.29 is 17.9 Å². The van der Waals surface area contributed by atoms with Gasteiger partial charge in [0.2, 0.25) is 0 Å². The first-order valence-electron chi connectivity index (χ1n) is 12.6. The van der Waals surface area contributed by atoms with Crippen molar-refractivity contribution in [3.8, 4) is 17.0 Å². The molecule has 3 N–H and O–H groups in total. The number of carbonyl (C=O) groups excluding carboxylic acids is 1. The molecule has 0 saturated carbocycles. The fourth-order valence-corrected chi connectivity index (χ4v) is 5.94. The molecule has 10 heteroatoms. The van der Waals surface area contributed by atoms with Crippen LogP contribution in [-0.4, -0.2) is 42.5 Å². The van der Waals surface area contributed by atoms with E-state index in [1.165, 1.54) is 18.2 Å². The number of nitrogens with zero attached hydrogens (tertiary/aromatic N) is 3. The first kappa shape index (κ1) is 27.4. The maximum Gasteiger partial charge on any atom is 0.281 e. The number of nitrogens with two attached hydrogens (primary N) is 1. The molecule has 0 aliphatic carbocycles. The SMILES string of the molecule is Cc1cc(OC(C)C)cc(-c2ccc(C(=O)NS(=O)(=O)c3cccc(N)n3)c(N3C[C@@H](C)CC3(C)C)n2)c1. The molecule has 0 bridgehead atoms. The molecule has 202 valence electrons. The highest BCUT2D eigenvalue weighted by Crippen LogP contribution is 2.38. The minimum atomic E-state index is -4.25. The zero-order valence-corrected chi connectivity index (χ0v) is 23.5. The predicted octanol–water partition coefficient (Wildman–Crippen LogP) is 4.56. The third kappa shape index (κ3) is 5.91. The van der Waals surface area contributed by atoms with Crippen LogP contribution in [0.4, 0.5) is 11.6 Å². The van der Waals surface area contributed by atoms with Crippen LogP contribution < -0.4 is 20.1 Å². The van der Waals surface area contributed by atoms with Crippen molar-refractivity contribution in [2.45, 2.75) is 64.6 Å². The summed E-state index contributed by atoms with van der Waals surface area (Å²) in [5, 5.41) is -0.329. The number of ether oxygens (including phenoxy) is 1. The van der Waals surface area contributed by atoms with E-state index in [9.17, 15) is 13.2 Å². The van der Waals surface area contributed by atoms with Crippen LogP contribution in [0.1, 0.15) is 57.0 Å². The molecule has 3 aromatic rings. The fraction of sp³-hybridized carbons (Fsp3) is 0.393. The Labute approximate surface area is 224 Å². The van der Waals surface area contributed by atoms with Crippen LogP contribution in [0, 0.1) is 12.8 Å². The maximum absolute atomic E-state index is 13.4. The van der Waals surface area contributed by atoms with Gasteiger partial charge in [-0.25, -0.2) is 14.7 Å². The molecular formula is C28H35N5O4S. The van der Waals surface area contributed by atoms with Crippen molar-refractivity contribution in [1.82, 2.24) is 14.7 Å². The van der Waals surface area contributed by atoms with Gasteiger partial charge in [0.05, 0.1) is 17.4 Å². The number of benzene rings is 1. The van der Waals surface area contributed by atoms with E-state index in [-0.39, 0.29) is 28.1 Å². The topological polar surface area (TPSA) is 128 Å². The number of hydrogen-bond donors (Lipinski definition) is 2. The van der Waals surface area contributed by atoms with E-state index < -0.39 is 15.9 Å². The van der Waals surface area contributed by atoms with Crippen LogP contribution in [0.2, 0.25) is 0 Å². The van der Waals surface area contributed by atoms with Gasteiger partial charge < -0.3 is 15.4 Å². The van der Waals surface area contributed by atoms with Gasteiger partial charge in [0.1, 0.15) is 17.4 Å².